The Morgan fingerprint density at radius 3 is 2.67 bits per heavy atom. The first kappa shape index (κ1) is 6.05. The van der Waals surface area contributed by atoms with Crippen LogP contribution in [-0.4, -0.2) is 35.5 Å². The second kappa shape index (κ2) is 2.51. The Hall–Kier alpha value is 0.310. The van der Waals surface area contributed by atoms with Gasteiger partial charge in [0.25, 0.3) is 0 Å². The van der Waals surface area contributed by atoms with Gasteiger partial charge in [0.05, 0.1) is 0 Å². The van der Waals surface area contributed by atoms with Crippen LogP contribution in [0.3, 0.4) is 0 Å². The summed E-state index contributed by atoms with van der Waals surface area (Å²) in [6.07, 6.45) is 2.90. The van der Waals surface area contributed by atoms with Crippen LogP contribution >= 0.6 is 11.8 Å². The lowest BCUT2D eigenvalue weighted by atomic mass is 10.1. The van der Waals surface area contributed by atoms with Gasteiger partial charge in [-0.3, -0.25) is 0 Å². The third-order valence-corrected chi connectivity index (χ3v) is 3.66. The van der Waals surface area contributed by atoms with Gasteiger partial charge in [-0.25, -0.2) is 0 Å². The molecule has 3 rings (SSSR count). The van der Waals surface area contributed by atoms with E-state index >= 15 is 0 Å². The molecule has 0 aromatic rings. The molecule has 0 spiro atoms. The average molecular weight is 143 g/mol. The first-order chi connectivity index (χ1) is 4.45. The molecule has 0 amide bonds. The van der Waals surface area contributed by atoms with Crippen LogP contribution in [0.25, 0.3) is 0 Å². The van der Waals surface area contributed by atoms with E-state index in [1.165, 1.54) is 38.2 Å². The summed E-state index contributed by atoms with van der Waals surface area (Å²) in [5.74, 6) is 1.38. The molecule has 9 heavy (non-hydrogen) atoms. The Balaban J connectivity index is 2.03. The van der Waals surface area contributed by atoms with Gasteiger partial charge in [-0.1, -0.05) is 0 Å². The minimum absolute atomic E-state index is 1.02. The number of hydrogen-bond acceptors (Lipinski definition) is 2. The van der Waals surface area contributed by atoms with Crippen LogP contribution in [-0.2, 0) is 0 Å². The molecule has 0 atom stereocenters. The largest absolute Gasteiger partial charge is 0.302 e. The van der Waals surface area contributed by atoms with E-state index in [-0.39, 0.29) is 0 Å². The summed E-state index contributed by atoms with van der Waals surface area (Å²) < 4.78 is 0. The molecule has 0 aromatic heterocycles. The fourth-order valence-electron chi connectivity index (χ4n) is 1.65. The Bertz CT molecular complexity index is 79.6. The molecule has 0 N–H and O–H groups in total. The number of thioether (sulfide) groups is 1. The molecule has 0 aromatic carbocycles. The maximum absolute atomic E-state index is 2.59. The van der Waals surface area contributed by atoms with E-state index in [0.29, 0.717) is 0 Å². The Labute approximate surface area is 60.8 Å². The number of rotatable bonds is 0. The second-order valence-electron chi connectivity index (χ2n) is 2.91. The van der Waals surface area contributed by atoms with Gasteiger partial charge in [0.2, 0.25) is 0 Å². The smallest absolute Gasteiger partial charge is 0.00725 e. The summed E-state index contributed by atoms with van der Waals surface area (Å²) in [6.45, 7) is 4.09. The van der Waals surface area contributed by atoms with Gasteiger partial charge in [-0.15, -0.1) is 0 Å². The third kappa shape index (κ3) is 1.24. The van der Waals surface area contributed by atoms with Gasteiger partial charge >= 0.3 is 0 Å². The van der Waals surface area contributed by atoms with E-state index in [2.05, 4.69) is 16.7 Å². The van der Waals surface area contributed by atoms with Crippen molar-refractivity contribution in [1.82, 2.24) is 4.90 Å². The van der Waals surface area contributed by atoms with E-state index in [1.807, 2.05) is 0 Å². The molecule has 2 bridgehead atoms. The molecular formula is C7H13NS. The number of hydrogen-bond donors (Lipinski definition) is 0. The van der Waals surface area contributed by atoms with Crippen LogP contribution in [0.1, 0.15) is 12.8 Å². The summed E-state index contributed by atoms with van der Waals surface area (Å²) in [5.41, 5.74) is 0. The number of fused-ring (bicyclic) bond motifs is 4. The van der Waals surface area contributed by atoms with Crippen molar-refractivity contribution in [1.29, 1.82) is 0 Å². The summed E-state index contributed by atoms with van der Waals surface area (Å²) in [7, 11) is 0. The minimum atomic E-state index is 1.02. The van der Waals surface area contributed by atoms with Crippen molar-refractivity contribution in [3.8, 4) is 0 Å². The SMILES string of the molecule is C1CN2CCC(CC2)S1. The summed E-state index contributed by atoms with van der Waals surface area (Å²) in [5, 5.41) is 1.02. The standard InChI is InChI=1S/C7H13NS/c1-3-8-4-2-7(1)9-6-5-8/h7H,1-6H2. The first-order valence-corrected chi connectivity index (χ1v) is 4.84. The van der Waals surface area contributed by atoms with Crippen molar-refractivity contribution in [2.75, 3.05) is 25.4 Å². The van der Waals surface area contributed by atoms with E-state index < -0.39 is 0 Å². The molecule has 1 nitrogen and oxygen atoms in total. The molecule has 3 fully saturated rings. The lowest BCUT2D eigenvalue weighted by Crippen LogP contribution is -2.32. The van der Waals surface area contributed by atoms with Crippen LogP contribution in [0.5, 0.6) is 0 Å². The number of nitrogens with zero attached hydrogens (tertiary/aromatic N) is 1. The molecule has 52 valence electrons. The van der Waals surface area contributed by atoms with E-state index in [0.717, 1.165) is 5.25 Å². The first-order valence-electron chi connectivity index (χ1n) is 3.79. The molecule has 0 saturated carbocycles. The third-order valence-electron chi connectivity index (χ3n) is 2.30. The normalized spacial score (nSPS) is 42.7. The molecule has 2 heteroatoms. The highest BCUT2D eigenvalue weighted by Gasteiger charge is 2.22. The van der Waals surface area contributed by atoms with E-state index in [9.17, 15) is 0 Å². The molecule has 3 aliphatic rings. The molecule has 3 aliphatic heterocycles. The topological polar surface area (TPSA) is 3.24 Å². The lowest BCUT2D eigenvalue weighted by molar-refractivity contribution is 0.254. The zero-order chi connectivity index (χ0) is 6.10. The lowest BCUT2D eigenvalue weighted by Gasteiger charge is -2.25. The fraction of sp³-hybridized carbons (Fsp3) is 1.00. The van der Waals surface area contributed by atoms with Gasteiger partial charge < -0.3 is 4.90 Å². The Morgan fingerprint density at radius 1 is 1.11 bits per heavy atom. The molecular weight excluding hydrogens is 130 g/mol. The van der Waals surface area contributed by atoms with Crippen molar-refractivity contribution in [3.63, 3.8) is 0 Å². The Kier molecular flexibility index (Phi) is 1.68. The molecule has 0 radical (unpaired) electrons. The van der Waals surface area contributed by atoms with Gasteiger partial charge in [-0.2, -0.15) is 11.8 Å². The van der Waals surface area contributed by atoms with Crippen molar-refractivity contribution < 1.29 is 0 Å². The zero-order valence-electron chi connectivity index (χ0n) is 5.68. The predicted molar refractivity (Wildman–Crippen MR) is 41.9 cm³/mol. The summed E-state index contributed by atoms with van der Waals surface area (Å²) >= 11 is 2.18. The average Bonchev–Trinajstić information content (AvgIpc) is 2.21. The zero-order valence-corrected chi connectivity index (χ0v) is 6.49. The van der Waals surface area contributed by atoms with Crippen LogP contribution in [0.2, 0.25) is 0 Å². The van der Waals surface area contributed by atoms with Crippen LogP contribution in [0.15, 0.2) is 0 Å². The van der Waals surface area contributed by atoms with Gasteiger partial charge in [0.1, 0.15) is 0 Å². The van der Waals surface area contributed by atoms with Crippen molar-refractivity contribution in [2.45, 2.75) is 18.1 Å². The van der Waals surface area contributed by atoms with Crippen LogP contribution < -0.4 is 0 Å². The van der Waals surface area contributed by atoms with Crippen molar-refractivity contribution in [2.24, 2.45) is 0 Å². The summed E-state index contributed by atoms with van der Waals surface area (Å²) in [6, 6.07) is 0. The number of piperidine rings is 1. The van der Waals surface area contributed by atoms with Gasteiger partial charge in [0.15, 0.2) is 0 Å². The molecule has 0 aliphatic carbocycles. The maximum atomic E-state index is 2.59. The molecule has 3 saturated heterocycles. The quantitative estimate of drug-likeness (QED) is 0.501. The monoisotopic (exact) mass is 143 g/mol. The highest BCUT2D eigenvalue weighted by molar-refractivity contribution is 7.99. The highest BCUT2D eigenvalue weighted by atomic mass is 32.2. The van der Waals surface area contributed by atoms with Gasteiger partial charge in [0, 0.05) is 17.5 Å². The molecule has 3 heterocycles. The second-order valence-corrected chi connectivity index (χ2v) is 4.32. The highest BCUT2D eigenvalue weighted by Crippen LogP contribution is 2.26. The van der Waals surface area contributed by atoms with Crippen molar-refractivity contribution >= 4 is 11.8 Å². The van der Waals surface area contributed by atoms with Crippen LogP contribution in [0.4, 0.5) is 0 Å². The minimum Gasteiger partial charge on any atom is -0.302 e. The van der Waals surface area contributed by atoms with Crippen molar-refractivity contribution in [3.05, 3.63) is 0 Å². The summed E-state index contributed by atoms with van der Waals surface area (Å²) in [4.78, 5) is 2.59. The predicted octanol–water partition coefficient (Wildman–Crippen LogP) is 1.20. The molecule has 0 unspecified atom stereocenters. The van der Waals surface area contributed by atoms with E-state index in [4.69, 9.17) is 0 Å². The Morgan fingerprint density at radius 2 is 1.89 bits per heavy atom. The van der Waals surface area contributed by atoms with E-state index in [1.54, 1.807) is 0 Å². The fourth-order valence-corrected chi connectivity index (χ4v) is 2.89. The van der Waals surface area contributed by atoms with Gasteiger partial charge in [-0.05, 0) is 25.9 Å². The maximum Gasteiger partial charge on any atom is 0.00725 e. The van der Waals surface area contributed by atoms with Crippen LogP contribution in [0, 0.1) is 0 Å².